The molecule has 0 aromatic heterocycles. The van der Waals surface area contributed by atoms with Crippen LogP contribution >= 0.6 is 0 Å². The van der Waals surface area contributed by atoms with Crippen LogP contribution in [-0.2, 0) is 10.8 Å². The Balaban J connectivity index is 2.97. The number of phenols is 1. The Kier molecular flexibility index (Phi) is 2.76. The lowest BCUT2D eigenvalue weighted by Gasteiger charge is -2.17. The minimum atomic E-state index is -1.02. The van der Waals surface area contributed by atoms with Crippen LogP contribution in [0.3, 0.4) is 0 Å². The summed E-state index contributed by atoms with van der Waals surface area (Å²) in [6, 6.07) is 6.49. The maximum absolute atomic E-state index is 11.8. The minimum Gasteiger partial charge on any atom is -0.508 e. The van der Waals surface area contributed by atoms with Crippen LogP contribution in [0.4, 0.5) is 0 Å². The van der Waals surface area contributed by atoms with Crippen molar-refractivity contribution >= 4 is 10.8 Å². The van der Waals surface area contributed by atoms with Crippen molar-refractivity contribution in [1.82, 2.24) is 0 Å². The monoisotopic (exact) mass is 198 g/mol. The summed E-state index contributed by atoms with van der Waals surface area (Å²) in [4.78, 5) is 0.755. The standard InChI is InChI=1S/C10H14O2S/c1-10(2,3)13(12)9-6-4-8(11)5-7-9/h4-7,11H,1-3H3. The summed E-state index contributed by atoms with van der Waals surface area (Å²) in [7, 11) is -1.02. The number of aromatic hydroxyl groups is 1. The summed E-state index contributed by atoms with van der Waals surface area (Å²) in [5.41, 5.74) is 0. The van der Waals surface area contributed by atoms with Gasteiger partial charge in [0.2, 0.25) is 0 Å². The zero-order chi connectivity index (χ0) is 10.1. The van der Waals surface area contributed by atoms with Gasteiger partial charge in [-0.2, -0.15) is 0 Å². The smallest absolute Gasteiger partial charge is 0.115 e. The molecule has 2 nitrogen and oxygen atoms in total. The third-order valence-corrected chi connectivity index (χ3v) is 3.42. The van der Waals surface area contributed by atoms with Crippen molar-refractivity contribution in [1.29, 1.82) is 0 Å². The van der Waals surface area contributed by atoms with Gasteiger partial charge < -0.3 is 5.11 Å². The van der Waals surface area contributed by atoms with Crippen LogP contribution in [0, 0.1) is 0 Å². The summed E-state index contributed by atoms with van der Waals surface area (Å²) in [5.74, 6) is 0.203. The Bertz CT molecular complexity index is 309. The van der Waals surface area contributed by atoms with E-state index < -0.39 is 10.8 Å². The molecular weight excluding hydrogens is 184 g/mol. The number of benzene rings is 1. The Morgan fingerprint density at radius 3 is 2.00 bits per heavy atom. The van der Waals surface area contributed by atoms with Gasteiger partial charge in [-0.15, -0.1) is 0 Å². The number of phenolic OH excluding ortho intramolecular Hbond substituents is 1. The second-order valence-electron chi connectivity index (χ2n) is 3.88. The van der Waals surface area contributed by atoms with Crippen molar-refractivity contribution < 1.29 is 9.32 Å². The highest BCUT2D eigenvalue weighted by Crippen LogP contribution is 2.21. The molecule has 72 valence electrons. The zero-order valence-electron chi connectivity index (χ0n) is 8.07. The van der Waals surface area contributed by atoms with Gasteiger partial charge in [-0.05, 0) is 45.0 Å². The molecule has 0 amide bonds. The Morgan fingerprint density at radius 1 is 1.15 bits per heavy atom. The predicted octanol–water partition coefficient (Wildman–Crippen LogP) is 2.30. The Labute approximate surface area is 81.1 Å². The van der Waals surface area contributed by atoms with Crippen LogP contribution in [0.1, 0.15) is 20.8 Å². The highest BCUT2D eigenvalue weighted by Gasteiger charge is 2.20. The van der Waals surface area contributed by atoms with E-state index in [2.05, 4.69) is 0 Å². The van der Waals surface area contributed by atoms with Crippen LogP contribution in [0.15, 0.2) is 29.2 Å². The molecule has 0 bridgehead atoms. The maximum Gasteiger partial charge on any atom is 0.115 e. The lowest BCUT2D eigenvalue weighted by Crippen LogP contribution is -2.21. The van der Waals surface area contributed by atoms with E-state index in [1.807, 2.05) is 20.8 Å². The van der Waals surface area contributed by atoms with Crippen molar-refractivity contribution in [2.24, 2.45) is 0 Å². The molecule has 1 rings (SSSR count). The van der Waals surface area contributed by atoms with E-state index >= 15 is 0 Å². The fraction of sp³-hybridized carbons (Fsp3) is 0.400. The van der Waals surface area contributed by atoms with Gasteiger partial charge in [-0.25, -0.2) is 0 Å². The summed E-state index contributed by atoms with van der Waals surface area (Å²) in [6.07, 6.45) is 0. The first-order valence-electron chi connectivity index (χ1n) is 4.12. The van der Waals surface area contributed by atoms with Crippen molar-refractivity contribution in [3.63, 3.8) is 0 Å². The average molecular weight is 198 g/mol. The second-order valence-corrected chi connectivity index (χ2v) is 6.11. The van der Waals surface area contributed by atoms with E-state index in [9.17, 15) is 4.21 Å². The lowest BCUT2D eigenvalue weighted by atomic mass is 10.3. The molecule has 0 heterocycles. The number of rotatable bonds is 1. The van der Waals surface area contributed by atoms with Crippen LogP contribution < -0.4 is 0 Å². The molecule has 0 saturated heterocycles. The van der Waals surface area contributed by atoms with Crippen LogP contribution in [-0.4, -0.2) is 14.1 Å². The first-order valence-corrected chi connectivity index (χ1v) is 5.27. The van der Waals surface area contributed by atoms with Crippen molar-refractivity contribution in [3.05, 3.63) is 24.3 Å². The molecular formula is C10H14O2S. The zero-order valence-corrected chi connectivity index (χ0v) is 8.89. The van der Waals surface area contributed by atoms with Gasteiger partial charge in [0.15, 0.2) is 0 Å². The van der Waals surface area contributed by atoms with Crippen LogP contribution in [0.5, 0.6) is 5.75 Å². The second kappa shape index (κ2) is 3.50. The molecule has 1 aromatic rings. The molecule has 1 unspecified atom stereocenters. The largest absolute Gasteiger partial charge is 0.508 e. The minimum absolute atomic E-state index is 0.203. The maximum atomic E-state index is 11.8. The van der Waals surface area contributed by atoms with Crippen LogP contribution in [0.25, 0.3) is 0 Å². The van der Waals surface area contributed by atoms with E-state index in [4.69, 9.17) is 5.11 Å². The van der Waals surface area contributed by atoms with Gasteiger partial charge in [-0.3, -0.25) is 4.21 Å². The predicted molar refractivity (Wildman–Crippen MR) is 54.3 cm³/mol. The fourth-order valence-corrected chi connectivity index (χ4v) is 2.01. The summed E-state index contributed by atoms with van der Waals surface area (Å²) in [5, 5.41) is 9.04. The van der Waals surface area contributed by atoms with E-state index in [1.54, 1.807) is 24.3 Å². The van der Waals surface area contributed by atoms with E-state index in [0.29, 0.717) is 0 Å². The number of hydrogen-bond donors (Lipinski definition) is 1. The Morgan fingerprint density at radius 2 is 1.62 bits per heavy atom. The summed E-state index contributed by atoms with van der Waals surface area (Å²) in [6.45, 7) is 5.78. The van der Waals surface area contributed by atoms with Gasteiger partial charge in [0.1, 0.15) is 5.75 Å². The topological polar surface area (TPSA) is 37.3 Å². The van der Waals surface area contributed by atoms with Crippen LogP contribution in [0.2, 0.25) is 0 Å². The molecule has 0 saturated carbocycles. The normalized spacial score (nSPS) is 14.1. The molecule has 1 N–H and O–H groups in total. The van der Waals surface area contributed by atoms with E-state index in [0.717, 1.165) is 4.90 Å². The summed E-state index contributed by atoms with van der Waals surface area (Å²) >= 11 is 0. The van der Waals surface area contributed by atoms with Gasteiger partial charge in [-0.1, -0.05) is 0 Å². The average Bonchev–Trinajstić information content (AvgIpc) is 2.03. The van der Waals surface area contributed by atoms with Gasteiger partial charge in [0, 0.05) is 9.64 Å². The molecule has 0 aliphatic carbocycles. The number of hydrogen-bond acceptors (Lipinski definition) is 2. The van der Waals surface area contributed by atoms with E-state index in [1.165, 1.54) is 0 Å². The molecule has 3 heteroatoms. The van der Waals surface area contributed by atoms with E-state index in [-0.39, 0.29) is 10.5 Å². The molecule has 0 fully saturated rings. The first-order chi connectivity index (χ1) is 5.91. The first kappa shape index (κ1) is 10.3. The van der Waals surface area contributed by atoms with Crippen molar-refractivity contribution in [2.45, 2.75) is 30.4 Å². The molecule has 0 aliphatic rings. The molecule has 0 aliphatic heterocycles. The third kappa shape index (κ3) is 2.56. The Hall–Kier alpha value is -0.830. The molecule has 0 spiro atoms. The van der Waals surface area contributed by atoms with Gasteiger partial charge >= 0.3 is 0 Å². The molecule has 1 aromatic carbocycles. The fourth-order valence-electron chi connectivity index (χ4n) is 0.923. The quantitative estimate of drug-likeness (QED) is 0.751. The highest BCUT2D eigenvalue weighted by atomic mass is 32.2. The lowest BCUT2D eigenvalue weighted by molar-refractivity contribution is 0.475. The molecule has 0 radical (unpaired) electrons. The highest BCUT2D eigenvalue weighted by molar-refractivity contribution is 7.86. The van der Waals surface area contributed by atoms with Gasteiger partial charge in [0.05, 0.1) is 10.8 Å². The molecule has 1 atom stereocenters. The SMILES string of the molecule is CC(C)(C)S(=O)c1ccc(O)cc1. The van der Waals surface area contributed by atoms with Gasteiger partial charge in [0.25, 0.3) is 0 Å². The molecule has 13 heavy (non-hydrogen) atoms. The van der Waals surface area contributed by atoms with Crippen molar-refractivity contribution in [2.75, 3.05) is 0 Å². The third-order valence-electron chi connectivity index (χ3n) is 1.61. The van der Waals surface area contributed by atoms with Crippen molar-refractivity contribution in [3.8, 4) is 5.75 Å². The summed E-state index contributed by atoms with van der Waals surface area (Å²) < 4.78 is 11.6.